The zero-order valence-electron chi connectivity index (χ0n) is 26.8. The summed E-state index contributed by atoms with van der Waals surface area (Å²) < 4.78 is 98.3. The summed E-state index contributed by atoms with van der Waals surface area (Å²) in [5.74, 6) is -4.26. The quantitative estimate of drug-likeness (QED) is 0.356. The number of halogens is 6. The molecular weight excluding hydrogens is 668 g/mol. The minimum absolute atomic E-state index is 0.101. The fraction of sp³-hybridized carbons (Fsp3) is 0.531. The van der Waals surface area contributed by atoms with Crippen molar-refractivity contribution in [3.05, 3.63) is 65.2 Å². The van der Waals surface area contributed by atoms with E-state index < -0.39 is 45.7 Å². The lowest BCUT2D eigenvalue weighted by atomic mass is 9.81. The maximum atomic E-state index is 13.6. The topological polar surface area (TPSA) is 124 Å². The third kappa shape index (κ3) is 9.71. The van der Waals surface area contributed by atoms with Crippen molar-refractivity contribution in [1.29, 1.82) is 0 Å². The summed E-state index contributed by atoms with van der Waals surface area (Å²) in [5.41, 5.74) is -0.443. The zero-order chi connectivity index (χ0) is 36.2. The lowest BCUT2D eigenvalue weighted by Gasteiger charge is -2.44. The number of carbonyl (C=O) groups excluding carboxylic acids is 2. The Labute approximate surface area is 275 Å². The maximum absolute atomic E-state index is 13.6. The second kappa shape index (κ2) is 15.3. The number of nitrogens with one attached hydrogen (secondary N) is 1. The van der Waals surface area contributed by atoms with E-state index in [2.05, 4.69) is 24.1 Å². The summed E-state index contributed by atoms with van der Waals surface area (Å²) in [6, 6.07) is 10.2. The molecule has 0 radical (unpaired) electrons. The number of alkyl halides is 6. The molecule has 2 aromatic rings. The van der Waals surface area contributed by atoms with Crippen molar-refractivity contribution in [2.24, 2.45) is 5.92 Å². The second-order valence-corrected chi connectivity index (χ2v) is 14.3. The predicted molar refractivity (Wildman–Crippen MR) is 164 cm³/mol. The fourth-order valence-electron chi connectivity index (χ4n) is 6.12. The van der Waals surface area contributed by atoms with Crippen LogP contribution >= 0.6 is 0 Å². The van der Waals surface area contributed by atoms with Gasteiger partial charge in [-0.2, -0.15) is 26.3 Å². The van der Waals surface area contributed by atoms with Crippen LogP contribution in [0.5, 0.6) is 0 Å². The first-order chi connectivity index (χ1) is 22.1. The number of likely N-dealkylation sites (tertiary alicyclic amines) is 1. The molecule has 0 bridgehead atoms. The molecule has 2 aromatic carbocycles. The number of aryl methyl sites for hydroxylation is 1. The second-order valence-electron chi connectivity index (χ2n) is 12.3. The first kappa shape index (κ1) is 38.8. The molecule has 1 aliphatic carbocycles. The SMILES string of the molecule is Cc1ccccc1S(=O)(=O)C[C@@H]1C[C@H](N(C)C(C)C)CC[C@@H]1N1CC[C@H](NC(=O)c2cccc(C(F)(F)F)c2)C1=O.O=C(O)C(F)(F)F. The van der Waals surface area contributed by atoms with Crippen LogP contribution in [0.15, 0.2) is 53.4 Å². The van der Waals surface area contributed by atoms with E-state index in [1.807, 2.05) is 7.05 Å². The highest BCUT2D eigenvalue weighted by atomic mass is 32.2. The monoisotopic (exact) mass is 707 g/mol. The Balaban J connectivity index is 0.000000804. The largest absolute Gasteiger partial charge is 0.490 e. The first-order valence-electron chi connectivity index (χ1n) is 15.2. The van der Waals surface area contributed by atoms with Crippen molar-refractivity contribution < 1.29 is 54.3 Å². The van der Waals surface area contributed by atoms with Gasteiger partial charge in [-0.3, -0.25) is 9.59 Å². The van der Waals surface area contributed by atoms with Crippen LogP contribution in [0.2, 0.25) is 0 Å². The van der Waals surface area contributed by atoms with E-state index in [0.717, 1.165) is 24.6 Å². The zero-order valence-corrected chi connectivity index (χ0v) is 27.6. The van der Waals surface area contributed by atoms with Crippen LogP contribution < -0.4 is 5.32 Å². The van der Waals surface area contributed by atoms with E-state index >= 15 is 0 Å². The van der Waals surface area contributed by atoms with Crippen LogP contribution in [0.1, 0.15) is 61.0 Å². The molecular formula is C32H39F6N3O6S. The predicted octanol–water partition coefficient (Wildman–Crippen LogP) is 5.33. The number of aliphatic carboxylic acids is 1. The molecule has 1 aliphatic heterocycles. The van der Waals surface area contributed by atoms with Crippen molar-refractivity contribution in [2.45, 2.75) is 87.9 Å². The molecule has 1 saturated carbocycles. The van der Waals surface area contributed by atoms with Gasteiger partial charge in [0, 0.05) is 30.2 Å². The Hall–Kier alpha value is -3.66. The van der Waals surface area contributed by atoms with E-state index in [-0.39, 0.29) is 46.2 Å². The smallest absolute Gasteiger partial charge is 0.475 e. The Morgan fingerprint density at radius 1 is 1.02 bits per heavy atom. The minimum atomic E-state index is -5.08. The van der Waals surface area contributed by atoms with Gasteiger partial charge in [0.05, 0.1) is 16.2 Å². The third-order valence-corrected chi connectivity index (χ3v) is 10.8. The average Bonchev–Trinajstić information content (AvgIpc) is 3.35. The van der Waals surface area contributed by atoms with Gasteiger partial charge in [-0.25, -0.2) is 13.2 Å². The van der Waals surface area contributed by atoms with Gasteiger partial charge in [-0.1, -0.05) is 24.3 Å². The van der Waals surface area contributed by atoms with E-state index in [9.17, 15) is 44.3 Å². The van der Waals surface area contributed by atoms with Crippen LogP contribution in [-0.4, -0.2) is 90.8 Å². The number of carboxylic acid groups (broad SMARTS) is 1. The van der Waals surface area contributed by atoms with Crippen molar-refractivity contribution >= 4 is 27.6 Å². The number of carboxylic acids is 1. The molecule has 4 rings (SSSR count). The lowest BCUT2D eigenvalue weighted by molar-refractivity contribution is -0.192. The molecule has 0 unspecified atom stereocenters. The standard InChI is InChI=1S/C30H38F3N3O4S.C2HF3O2/c1-19(2)35(4)24-12-13-26(22(17-24)18-41(39,40)27-11-6-5-8-20(27)3)36-15-14-25(29(36)38)34-28(37)21-9-7-10-23(16-21)30(31,32)33;3-2(4,5)1(6)7/h5-11,16,19,22,24-26H,12-15,17-18H2,1-4H3,(H,34,37);(H,6,7)/t22-,24+,25-,26-;/m0./s1. The summed E-state index contributed by atoms with van der Waals surface area (Å²) >= 11 is 0. The fourth-order valence-corrected chi connectivity index (χ4v) is 8.07. The summed E-state index contributed by atoms with van der Waals surface area (Å²) in [4.78, 5) is 39.4. The number of sulfone groups is 1. The number of amides is 2. The Kier molecular flexibility index (Phi) is 12.3. The molecule has 0 aromatic heterocycles. The molecule has 0 spiro atoms. The summed E-state index contributed by atoms with van der Waals surface area (Å²) in [7, 11) is -1.61. The number of hydrogen-bond acceptors (Lipinski definition) is 6. The van der Waals surface area contributed by atoms with Crippen LogP contribution in [0.4, 0.5) is 26.3 Å². The van der Waals surface area contributed by atoms with Gasteiger partial charge in [0.15, 0.2) is 9.84 Å². The summed E-state index contributed by atoms with van der Waals surface area (Å²) in [6.45, 7) is 6.28. The molecule has 2 N–H and O–H groups in total. The Morgan fingerprint density at radius 3 is 2.21 bits per heavy atom. The Bertz CT molecular complexity index is 1580. The number of carbonyl (C=O) groups is 3. The van der Waals surface area contributed by atoms with Gasteiger partial charge in [-0.15, -0.1) is 0 Å². The number of hydrogen-bond donors (Lipinski definition) is 2. The molecule has 9 nitrogen and oxygen atoms in total. The molecule has 2 aliphatic rings. The summed E-state index contributed by atoms with van der Waals surface area (Å²) in [5, 5.41) is 9.73. The van der Waals surface area contributed by atoms with Crippen molar-refractivity contribution in [1.82, 2.24) is 15.1 Å². The highest BCUT2D eigenvalue weighted by Crippen LogP contribution is 2.36. The molecule has 266 valence electrons. The summed E-state index contributed by atoms with van der Waals surface area (Å²) in [6.07, 6.45) is -7.35. The van der Waals surface area contributed by atoms with E-state index in [4.69, 9.17) is 9.90 Å². The van der Waals surface area contributed by atoms with Gasteiger partial charge in [0.25, 0.3) is 5.91 Å². The number of benzene rings is 2. The first-order valence-corrected chi connectivity index (χ1v) is 16.9. The highest BCUT2D eigenvalue weighted by Gasteiger charge is 2.44. The van der Waals surface area contributed by atoms with Crippen molar-refractivity contribution in [2.75, 3.05) is 19.3 Å². The normalized spacial score (nSPS) is 22.0. The van der Waals surface area contributed by atoms with E-state index in [0.29, 0.717) is 31.4 Å². The van der Waals surface area contributed by atoms with Gasteiger partial charge in [0.1, 0.15) is 6.04 Å². The van der Waals surface area contributed by atoms with Gasteiger partial charge in [-0.05, 0) is 89.2 Å². The lowest BCUT2D eigenvalue weighted by Crippen LogP contribution is -2.53. The van der Waals surface area contributed by atoms with Crippen LogP contribution in [0.25, 0.3) is 0 Å². The molecule has 1 saturated heterocycles. The van der Waals surface area contributed by atoms with E-state index in [1.54, 1.807) is 36.1 Å². The number of nitrogens with zero attached hydrogens (tertiary/aromatic N) is 2. The van der Waals surface area contributed by atoms with Gasteiger partial charge >= 0.3 is 18.3 Å². The third-order valence-electron chi connectivity index (χ3n) is 8.81. The van der Waals surface area contributed by atoms with Crippen LogP contribution in [0, 0.1) is 12.8 Å². The molecule has 2 amide bonds. The van der Waals surface area contributed by atoms with Gasteiger partial charge in [0.2, 0.25) is 5.91 Å². The molecule has 16 heteroatoms. The maximum Gasteiger partial charge on any atom is 0.490 e. The van der Waals surface area contributed by atoms with Crippen LogP contribution in [-0.2, 0) is 25.6 Å². The van der Waals surface area contributed by atoms with Crippen molar-refractivity contribution in [3.63, 3.8) is 0 Å². The highest BCUT2D eigenvalue weighted by molar-refractivity contribution is 7.91. The average molecular weight is 708 g/mol. The van der Waals surface area contributed by atoms with Crippen LogP contribution in [0.3, 0.4) is 0 Å². The van der Waals surface area contributed by atoms with Gasteiger partial charge < -0.3 is 20.2 Å². The van der Waals surface area contributed by atoms with E-state index in [1.165, 1.54) is 6.07 Å². The van der Waals surface area contributed by atoms with Crippen molar-refractivity contribution in [3.8, 4) is 0 Å². The Morgan fingerprint density at radius 2 is 1.65 bits per heavy atom. The number of rotatable bonds is 8. The minimum Gasteiger partial charge on any atom is -0.475 e. The molecule has 2 fully saturated rings. The molecule has 1 heterocycles. The molecule has 4 atom stereocenters. The molecule has 48 heavy (non-hydrogen) atoms.